The van der Waals surface area contributed by atoms with Crippen molar-refractivity contribution in [3.8, 4) is 17.5 Å². The number of nitriles is 1. The Morgan fingerprint density at radius 1 is 1.55 bits per heavy atom. The van der Waals surface area contributed by atoms with Crippen LogP contribution in [0, 0.1) is 17.1 Å². The molecule has 0 saturated carbocycles. The third kappa shape index (κ3) is 2.03. The molecule has 0 aliphatic carbocycles. The second-order valence-corrected chi connectivity index (χ2v) is 3.91. The second-order valence-electron chi connectivity index (χ2n) is 3.91. The van der Waals surface area contributed by atoms with Gasteiger partial charge in [-0.1, -0.05) is 0 Å². The summed E-state index contributed by atoms with van der Waals surface area (Å²) in [5.74, 6) is -2.13. The van der Waals surface area contributed by atoms with Crippen LogP contribution in [0.4, 0.5) is 10.1 Å². The Morgan fingerprint density at radius 2 is 2.25 bits per heavy atom. The minimum absolute atomic E-state index is 0.0483. The molecule has 0 saturated heterocycles. The number of ether oxygens (including phenoxy) is 1. The van der Waals surface area contributed by atoms with Gasteiger partial charge in [0, 0.05) is 18.0 Å². The number of benzene rings is 1. The lowest BCUT2D eigenvalue weighted by Gasteiger charge is -2.08. The molecule has 0 amide bonds. The lowest BCUT2D eigenvalue weighted by Crippen LogP contribution is -2.11. The van der Waals surface area contributed by atoms with Gasteiger partial charge >= 0.3 is 5.97 Å². The van der Waals surface area contributed by atoms with E-state index in [1.165, 1.54) is 23.9 Å². The molecular weight excluding hydrogens is 265 g/mol. The summed E-state index contributed by atoms with van der Waals surface area (Å²) < 4.78 is 19.2. The number of nitrogen functional groups attached to an aromatic ring is 1. The van der Waals surface area contributed by atoms with E-state index < -0.39 is 17.5 Å². The number of phenolic OH excluding ortho intramolecular Hbond substituents is 1. The first kappa shape index (κ1) is 13.4. The fourth-order valence-corrected chi connectivity index (χ4v) is 1.76. The van der Waals surface area contributed by atoms with E-state index in [9.17, 15) is 9.18 Å². The summed E-state index contributed by atoms with van der Waals surface area (Å²) >= 11 is 0. The van der Waals surface area contributed by atoms with Crippen molar-refractivity contribution in [2.75, 3.05) is 12.8 Å². The van der Waals surface area contributed by atoms with Gasteiger partial charge in [-0.25, -0.2) is 9.18 Å². The number of anilines is 1. The molecule has 0 spiro atoms. The Kier molecular flexibility index (Phi) is 3.31. The Morgan fingerprint density at radius 3 is 2.80 bits per heavy atom. The van der Waals surface area contributed by atoms with Crippen LogP contribution in [0.2, 0.25) is 0 Å². The average Bonchev–Trinajstić information content (AvgIpc) is 2.78. The number of carbonyl (C=O) groups is 1. The smallest absolute Gasteiger partial charge is 0.357 e. The van der Waals surface area contributed by atoms with E-state index in [2.05, 4.69) is 4.74 Å². The quantitative estimate of drug-likeness (QED) is 0.810. The van der Waals surface area contributed by atoms with E-state index in [0.29, 0.717) is 0 Å². The number of methoxy groups -OCH3 is 1. The summed E-state index contributed by atoms with van der Waals surface area (Å²) in [5.41, 5.74) is 5.88. The van der Waals surface area contributed by atoms with E-state index in [1.807, 2.05) is 6.07 Å². The van der Waals surface area contributed by atoms with Gasteiger partial charge in [0.05, 0.1) is 18.4 Å². The number of carbonyl (C=O) groups excluding carboxylic acids is 1. The predicted octanol–water partition coefficient (Wildman–Crippen LogP) is 1.56. The number of nitrogens with two attached hydrogens (primary N) is 1. The van der Waals surface area contributed by atoms with Crippen molar-refractivity contribution in [3.63, 3.8) is 0 Å². The van der Waals surface area contributed by atoms with Gasteiger partial charge < -0.3 is 20.1 Å². The van der Waals surface area contributed by atoms with E-state index in [1.54, 1.807) is 0 Å². The molecule has 6 nitrogen and oxygen atoms in total. The summed E-state index contributed by atoms with van der Waals surface area (Å²) in [7, 11) is 1.17. The van der Waals surface area contributed by atoms with Crippen LogP contribution >= 0.6 is 0 Å². The summed E-state index contributed by atoms with van der Waals surface area (Å²) in [6.45, 7) is 0. The topological polar surface area (TPSA) is 101 Å². The van der Waals surface area contributed by atoms with Crippen molar-refractivity contribution in [2.45, 2.75) is 0 Å². The van der Waals surface area contributed by atoms with Crippen LogP contribution in [0.5, 0.6) is 5.75 Å². The number of aromatic nitrogens is 1. The molecular formula is C13H10FN3O3. The Hall–Kier alpha value is -3.01. The molecule has 1 aromatic carbocycles. The maximum absolute atomic E-state index is 13.4. The van der Waals surface area contributed by atoms with Crippen molar-refractivity contribution in [2.24, 2.45) is 0 Å². The molecule has 0 unspecified atom stereocenters. The van der Waals surface area contributed by atoms with Gasteiger partial charge in [0.25, 0.3) is 0 Å². The van der Waals surface area contributed by atoms with Crippen molar-refractivity contribution in [1.82, 2.24) is 4.57 Å². The summed E-state index contributed by atoms with van der Waals surface area (Å²) in [5, 5.41) is 18.1. The van der Waals surface area contributed by atoms with Gasteiger partial charge in [0.15, 0.2) is 17.3 Å². The SMILES string of the molecule is COC(=O)c1c(N)c(C#N)cn1-c1ccc(O)c(F)c1. The van der Waals surface area contributed by atoms with Crippen LogP contribution in [-0.4, -0.2) is 22.8 Å². The number of aromatic hydroxyl groups is 1. The summed E-state index contributed by atoms with van der Waals surface area (Å²) in [4.78, 5) is 11.7. The fraction of sp³-hybridized carbons (Fsp3) is 0.0769. The van der Waals surface area contributed by atoms with Crippen LogP contribution in [0.25, 0.3) is 5.69 Å². The fourth-order valence-electron chi connectivity index (χ4n) is 1.76. The number of halogens is 1. The van der Waals surface area contributed by atoms with Crippen molar-refractivity contribution < 1.29 is 19.0 Å². The van der Waals surface area contributed by atoms with Crippen molar-refractivity contribution in [3.05, 3.63) is 41.5 Å². The zero-order chi connectivity index (χ0) is 14.9. The maximum Gasteiger partial charge on any atom is 0.357 e. The molecule has 0 bridgehead atoms. The highest BCUT2D eigenvalue weighted by atomic mass is 19.1. The number of rotatable bonds is 2. The lowest BCUT2D eigenvalue weighted by molar-refractivity contribution is 0.0593. The zero-order valence-corrected chi connectivity index (χ0v) is 10.4. The molecule has 1 heterocycles. The minimum Gasteiger partial charge on any atom is -0.505 e. The predicted molar refractivity (Wildman–Crippen MR) is 67.9 cm³/mol. The Balaban J connectivity index is 2.70. The lowest BCUT2D eigenvalue weighted by atomic mass is 10.2. The highest BCUT2D eigenvalue weighted by Crippen LogP contribution is 2.26. The highest BCUT2D eigenvalue weighted by Gasteiger charge is 2.22. The first-order valence-electron chi connectivity index (χ1n) is 5.47. The van der Waals surface area contributed by atoms with Crippen molar-refractivity contribution in [1.29, 1.82) is 5.26 Å². The monoisotopic (exact) mass is 275 g/mol. The van der Waals surface area contributed by atoms with Crippen molar-refractivity contribution >= 4 is 11.7 Å². The number of nitrogens with zero attached hydrogens (tertiary/aromatic N) is 2. The zero-order valence-electron chi connectivity index (χ0n) is 10.4. The third-order valence-electron chi connectivity index (χ3n) is 2.75. The number of hydrogen-bond acceptors (Lipinski definition) is 5. The van der Waals surface area contributed by atoms with E-state index in [-0.39, 0.29) is 22.6 Å². The van der Waals surface area contributed by atoms with Gasteiger partial charge in [-0.15, -0.1) is 0 Å². The average molecular weight is 275 g/mol. The molecule has 0 atom stereocenters. The first-order chi connectivity index (χ1) is 9.49. The second kappa shape index (κ2) is 4.93. The molecule has 0 aliphatic rings. The van der Waals surface area contributed by atoms with Crippen LogP contribution in [0.3, 0.4) is 0 Å². The van der Waals surface area contributed by atoms with E-state index >= 15 is 0 Å². The number of hydrogen-bond donors (Lipinski definition) is 2. The third-order valence-corrected chi connectivity index (χ3v) is 2.75. The molecule has 0 fully saturated rings. The van der Waals surface area contributed by atoms with Crippen LogP contribution in [0.15, 0.2) is 24.4 Å². The highest BCUT2D eigenvalue weighted by molar-refractivity contribution is 5.95. The summed E-state index contributed by atoms with van der Waals surface area (Å²) in [6, 6.07) is 5.36. The van der Waals surface area contributed by atoms with Gasteiger partial charge in [0.1, 0.15) is 6.07 Å². The first-order valence-corrected chi connectivity index (χ1v) is 5.47. The molecule has 2 rings (SSSR count). The molecule has 7 heteroatoms. The molecule has 20 heavy (non-hydrogen) atoms. The largest absolute Gasteiger partial charge is 0.505 e. The van der Waals surface area contributed by atoms with E-state index in [0.717, 1.165) is 12.1 Å². The molecule has 2 aromatic rings. The van der Waals surface area contributed by atoms with E-state index in [4.69, 9.17) is 16.1 Å². The molecule has 0 radical (unpaired) electrons. The molecule has 3 N–H and O–H groups in total. The van der Waals surface area contributed by atoms with Crippen LogP contribution < -0.4 is 5.73 Å². The van der Waals surface area contributed by atoms with Gasteiger partial charge in [-0.3, -0.25) is 0 Å². The van der Waals surface area contributed by atoms with Gasteiger partial charge in [-0.05, 0) is 12.1 Å². The standard InChI is InChI=1S/C13H10FN3O3/c1-20-13(19)12-11(16)7(5-15)6-17(12)8-2-3-10(18)9(14)4-8/h2-4,6,18H,16H2,1H3. The Bertz CT molecular complexity index is 731. The summed E-state index contributed by atoms with van der Waals surface area (Å²) in [6.07, 6.45) is 1.30. The molecule has 0 aliphatic heterocycles. The molecule has 102 valence electrons. The van der Waals surface area contributed by atoms with Gasteiger partial charge in [0.2, 0.25) is 0 Å². The Labute approximate surface area is 113 Å². The van der Waals surface area contributed by atoms with Crippen LogP contribution in [0.1, 0.15) is 16.1 Å². The molecule has 1 aromatic heterocycles. The van der Waals surface area contributed by atoms with Crippen LogP contribution in [-0.2, 0) is 4.74 Å². The minimum atomic E-state index is -0.857. The number of phenols is 1. The van der Waals surface area contributed by atoms with Gasteiger partial charge in [-0.2, -0.15) is 5.26 Å². The normalized spacial score (nSPS) is 10.1. The number of esters is 1. The maximum atomic E-state index is 13.4.